The quantitative estimate of drug-likeness (QED) is 0.824. The van der Waals surface area contributed by atoms with Gasteiger partial charge in [0.1, 0.15) is 0 Å². The highest BCUT2D eigenvalue weighted by molar-refractivity contribution is 9.10. The Bertz CT molecular complexity index is 438. The molecule has 2 heteroatoms. The first-order valence-electron chi connectivity index (χ1n) is 7.56. The number of rotatable bonds is 2. The second kappa shape index (κ2) is 5.21. The SMILES string of the molecule is OC1(Cc2cccc(Br)c2)CCC2(CCCC2)CC1. The van der Waals surface area contributed by atoms with E-state index in [1.807, 2.05) is 6.07 Å². The van der Waals surface area contributed by atoms with E-state index < -0.39 is 5.60 Å². The van der Waals surface area contributed by atoms with E-state index in [4.69, 9.17) is 0 Å². The molecule has 3 rings (SSSR count). The summed E-state index contributed by atoms with van der Waals surface area (Å²) < 4.78 is 1.11. The molecule has 2 aliphatic rings. The molecule has 1 aromatic rings. The third-order valence-corrected chi connectivity index (χ3v) is 5.82. The molecule has 0 saturated heterocycles. The minimum absolute atomic E-state index is 0.464. The first kappa shape index (κ1) is 13.6. The van der Waals surface area contributed by atoms with Crippen molar-refractivity contribution in [3.8, 4) is 0 Å². The lowest BCUT2D eigenvalue weighted by Crippen LogP contribution is -2.39. The van der Waals surface area contributed by atoms with Crippen molar-refractivity contribution in [2.45, 2.75) is 63.4 Å². The Morgan fingerprint density at radius 3 is 2.32 bits per heavy atom. The number of benzene rings is 1. The molecule has 0 unspecified atom stereocenters. The molecule has 0 atom stereocenters. The molecule has 0 bridgehead atoms. The molecule has 0 amide bonds. The molecule has 1 N–H and O–H groups in total. The van der Waals surface area contributed by atoms with Crippen molar-refractivity contribution in [3.63, 3.8) is 0 Å². The van der Waals surface area contributed by atoms with Gasteiger partial charge in [-0.2, -0.15) is 0 Å². The van der Waals surface area contributed by atoms with Crippen molar-refractivity contribution in [3.05, 3.63) is 34.3 Å². The molecule has 0 radical (unpaired) electrons. The maximum Gasteiger partial charge on any atom is 0.0688 e. The van der Waals surface area contributed by atoms with Crippen molar-refractivity contribution in [2.75, 3.05) is 0 Å². The van der Waals surface area contributed by atoms with Crippen molar-refractivity contribution in [2.24, 2.45) is 5.41 Å². The van der Waals surface area contributed by atoms with Gasteiger partial charge in [0.2, 0.25) is 0 Å². The summed E-state index contributed by atoms with van der Waals surface area (Å²) in [5.74, 6) is 0. The fraction of sp³-hybridized carbons (Fsp3) is 0.647. The fourth-order valence-corrected chi connectivity index (χ4v) is 4.52. The van der Waals surface area contributed by atoms with Crippen molar-refractivity contribution >= 4 is 15.9 Å². The van der Waals surface area contributed by atoms with E-state index in [0.717, 1.165) is 23.7 Å². The summed E-state index contributed by atoms with van der Waals surface area (Å²) in [7, 11) is 0. The van der Waals surface area contributed by atoms with Crippen LogP contribution in [0.25, 0.3) is 0 Å². The topological polar surface area (TPSA) is 20.2 Å². The summed E-state index contributed by atoms with van der Waals surface area (Å²) in [5.41, 5.74) is 1.39. The molecule has 0 heterocycles. The van der Waals surface area contributed by atoms with Gasteiger partial charge in [0.05, 0.1) is 5.60 Å². The van der Waals surface area contributed by atoms with E-state index in [-0.39, 0.29) is 0 Å². The molecule has 1 spiro atoms. The molecule has 2 aliphatic carbocycles. The zero-order chi connectivity index (χ0) is 13.3. The molecule has 1 nitrogen and oxygen atoms in total. The molecule has 0 aromatic heterocycles. The molecule has 104 valence electrons. The van der Waals surface area contributed by atoms with Crippen molar-refractivity contribution < 1.29 is 5.11 Å². The second-order valence-corrected chi connectivity index (χ2v) is 7.65. The Morgan fingerprint density at radius 1 is 1.00 bits per heavy atom. The van der Waals surface area contributed by atoms with Crippen molar-refractivity contribution in [1.29, 1.82) is 0 Å². The molecule has 1 aromatic carbocycles. The summed E-state index contributed by atoms with van der Waals surface area (Å²) in [4.78, 5) is 0. The Balaban J connectivity index is 1.65. The maximum absolute atomic E-state index is 10.8. The first-order chi connectivity index (χ1) is 9.09. The van der Waals surface area contributed by atoms with Crippen LogP contribution in [0.2, 0.25) is 0 Å². The lowest BCUT2D eigenvalue weighted by molar-refractivity contribution is -0.0322. The summed E-state index contributed by atoms with van der Waals surface area (Å²) in [6, 6.07) is 8.37. The number of aliphatic hydroxyl groups is 1. The van der Waals surface area contributed by atoms with Crippen LogP contribution in [0.4, 0.5) is 0 Å². The van der Waals surface area contributed by atoms with Crippen LogP contribution in [0.5, 0.6) is 0 Å². The third kappa shape index (κ3) is 3.05. The largest absolute Gasteiger partial charge is 0.390 e. The Labute approximate surface area is 124 Å². The van der Waals surface area contributed by atoms with Crippen LogP contribution in [-0.2, 0) is 6.42 Å². The number of halogens is 1. The molecular weight excluding hydrogens is 300 g/mol. The van der Waals surface area contributed by atoms with Crippen LogP contribution in [0.15, 0.2) is 28.7 Å². The monoisotopic (exact) mass is 322 g/mol. The number of hydrogen-bond donors (Lipinski definition) is 1. The standard InChI is InChI=1S/C17H23BrO/c18-15-5-3-4-14(12-15)13-17(19)10-8-16(9-11-17)6-1-2-7-16/h3-5,12,19H,1-2,6-11,13H2. The average molecular weight is 323 g/mol. The van der Waals surface area contributed by atoms with Crippen molar-refractivity contribution in [1.82, 2.24) is 0 Å². The normalized spacial score (nSPS) is 24.7. The first-order valence-corrected chi connectivity index (χ1v) is 8.36. The highest BCUT2D eigenvalue weighted by Crippen LogP contribution is 2.51. The van der Waals surface area contributed by atoms with Crippen LogP contribution < -0.4 is 0 Å². The van der Waals surface area contributed by atoms with Gasteiger partial charge in [-0.05, 0) is 61.6 Å². The van der Waals surface area contributed by atoms with Crippen LogP contribution in [0.1, 0.15) is 56.9 Å². The minimum Gasteiger partial charge on any atom is -0.390 e. The molecule has 2 fully saturated rings. The molecule has 19 heavy (non-hydrogen) atoms. The summed E-state index contributed by atoms with van der Waals surface area (Å²) >= 11 is 3.51. The second-order valence-electron chi connectivity index (χ2n) is 6.74. The minimum atomic E-state index is -0.464. The van der Waals surface area contributed by atoms with Gasteiger partial charge in [0, 0.05) is 10.9 Å². The van der Waals surface area contributed by atoms with Gasteiger partial charge in [-0.1, -0.05) is 40.9 Å². The van der Waals surface area contributed by atoms with Gasteiger partial charge < -0.3 is 5.11 Å². The van der Waals surface area contributed by atoms with Gasteiger partial charge in [0.25, 0.3) is 0 Å². The lowest BCUT2D eigenvalue weighted by atomic mass is 9.66. The van der Waals surface area contributed by atoms with E-state index in [2.05, 4.69) is 34.1 Å². The summed E-state index contributed by atoms with van der Waals surface area (Å²) in [6.07, 6.45) is 10.9. The van der Waals surface area contributed by atoms with E-state index in [0.29, 0.717) is 5.41 Å². The summed E-state index contributed by atoms with van der Waals surface area (Å²) in [5, 5.41) is 10.8. The van der Waals surface area contributed by atoms with E-state index in [1.54, 1.807) is 0 Å². The number of hydrogen-bond acceptors (Lipinski definition) is 1. The van der Waals surface area contributed by atoms with Gasteiger partial charge in [0.15, 0.2) is 0 Å². The van der Waals surface area contributed by atoms with E-state index in [1.165, 1.54) is 44.1 Å². The van der Waals surface area contributed by atoms with Gasteiger partial charge in [-0.15, -0.1) is 0 Å². The van der Waals surface area contributed by atoms with Crippen LogP contribution >= 0.6 is 15.9 Å². The van der Waals surface area contributed by atoms with Gasteiger partial charge in [-0.3, -0.25) is 0 Å². The van der Waals surface area contributed by atoms with Gasteiger partial charge in [-0.25, -0.2) is 0 Å². The molecule has 2 saturated carbocycles. The van der Waals surface area contributed by atoms with E-state index >= 15 is 0 Å². The Morgan fingerprint density at radius 2 is 1.68 bits per heavy atom. The van der Waals surface area contributed by atoms with Crippen LogP contribution in [0, 0.1) is 5.41 Å². The smallest absolute Gasteiger partial charge is 0.0688 e. The molecular formula is C17H23BrO. The summed E-state index contributed by atoms with van der Waals surface area (Å²) in [6.45, 7) is 0. The Hall–Kier alpha value is -0.340. The lowest BCUT2D eigenvalue weighted by Gasteiger charge is -2.42. The van der Waals surface area contributed by atoms with E-state index in [9.17, 15) is 5.11 Å². The van der Waals surface area contributed by atoms with Crippen LogP contribution in [-0.4, -0.2) is 10.7 Å². The fourth-order valence-electron chi connectivity index (χ4n) is 4.07. The van der Waals surface area contributed by atoms with Gasteiger partial charge >= 0.3 is 0 Å². The average Bonchev–Trinajstić information content (AvgIpc) is 2.83. The predicted molar refractivity (Wildman–Crippen MR) is 82.2 cm³/mol. The Kier molecular flexibility index (Phi) is 3.74. The predicted octanol–water partition coefficient (Wildman–Crippen LogP) is 4.86. The maximum atomic E-state index is 10.8. The highest BCUT2D eigenvalue weighted by Gasteiger charge is 2.42. The highest BCUT2D eigenvalue weighted by atomic mass is 79.9. The molecule has 0 aliphatic heterocycles. The third-order valence-electron chi connectivity index (χ3n) is 5.33. The van der Waals surface area contributed by atoms with Crippen LogP contribution in [0.3, 0.4) is 0 Å². The zero-order valence-corrected chi connectivity index (χ0v) is 13.1. The zero-order valence-electron chi connectivity index (χ0n) is 11.5.